The molecule has 3 aromatic rings. The minimum absolute atomic E-state index is 0.139. The molecule has 0 aliphatic carbocycles. The first-order chi connectivity index (χ1) is 15.9. The molecule has 7 nitrogen and oxygen atoms in total. The molecule has 0 aromatic heterocycles. The van der Waals surface area contributed by atoms with Gasteiger partial charge in [-0.25, -0.2) is 10.2 Å². The van der Waals surface area contributed by atoms with E-state index in [2.05, 4.69) is 10.5 Å². The van der Waals surface area contributed by atoms with Gasteiger partial charge < -0.3 is 14.2 Å². The van der Waals surface area contributed by atoms with Crippen molar-refractivity contribution in [3.8, 4) is 17.2 Å². The van der Waals surface area contributed by atoms with Crippen LogP contribution in [0, 0.1) is 13.8 Å². The van der Waals surface area contributed by atoms with Crippen molar-refractivity contribution in [1.29, 1.82) is 0 Å². The Morgan fingerprint density at radius 2 is 1.52 bits per heavy atom. The second-order valence-electron chi connectivity index (χ2n) is 7.24. The highest BCUT2D eigenvalue weighted by Crippen LogP contribution is 2.17. The molecule has 170 valence electrons. The van der Waals surface area contributed by atoms with Crippen LogP contribution in [-0.4, -0.2) is 31.3 Å². The molecule has 0 aliphatic rings. The van der Waals surface area contributed by atoms with Crippen molar-refractivity contribution >= 4 is 18.1 Å². The van der Waals surface area contributed by atoms with Crippen LogP contribution < -0.4 is 19.6 Å². The maximum absolute atomic E-state index is 12.3. The molecule has 0 saturated heterocycles. The molecule has 3 aromatic carbocycles. The monoisotopic (exact) mass is 446 g/mol. The topological polar surface area (TPSA) is 86.2 Å². The summed E-state index contributed by atoms with van der Waals surface area (Å²) in [5.41, 5.74) is 5.83. The number of ether oxygens (including phenoxy) is 3. The number of hydrazone groups is 1. The highest BCUT2D eigenvalue weighted by molar-refractivity contribution is 5.91. The van der Waals surface area contributed by atoms with E-state index >= 15 is 0 Å². The number of esters is 1. The number of benzene rings is 3. The first-order valence-electron chi connectivity index (χ1n) is 10.5. The number of hydrogen-bond acceptors (Lipinski definition) is 6. The number of hydrogen-bond donors (Lipinski definition) is 1. The molecule has 0 radical (unpaired) electrons. The van der Waals surface area contributed by atoms with Gasteiger partial charge in [-0.2, -0.15) is 5.10 Å². The number of carbonyl (C=O) groups excluding carboxylic acids is 2. The lowest BCUT2D eigenvalue weighted by Gasteiger charge is -2.07. The molecule has 0 fully saturated rings. The van der Waals surface area contributed by atoms with Gasteiger partial charge in [0.1, 0.15) is 17.2 Å². The molecule has 0 bridgehead atoms. The standard InChI is InChI=1S/C26H26N2O5/c1-4-31-22-13-8-21(9-14-22)26(30)33-23-11-6-20(7-12-23)16-27-28-25(29)17-32-24-10-5-18(2)19(3)15-24/h5-16H,4,17H2,1-3H3,(H,28,29)/b27-16+. The zero-order valence-corrected chi connectivity index (χ0v) is 18.8. The summed E-state index contributed by atoms with van der Waals surface area (Å²) in [5.74, 6) is 0.895. The Labute approximate surface area is 193 Å². The van der Waals surface area contributed by atoms with Crippen LogP contribution in [0.2, 0.25) is 0 Å². The van der Waals surface area contributed by atoms with E-state index in [0.29, 0.717) is 29.4 Å². The molecule has 0 unspecified atom stereocenters. The number of aryl methyl sites for hydroxylation is 2. The molecule has 0 spiro atoms. The first-order valence-corrected chi connectivity index (χ1v) is 10.5. The van der Waals surface area contributed by atoms with Gasteiger partial charge in [0, 0.05) is 0 Å². The van der Waals surface area contributed by atoms with Crippen molar-refractivity contribution in [2.24, 2.45) is 5.10 Å². The Morgan fingerprint density at radius 3 is 2.18 bits per heavy atom. The summed E-state index contributed by atoms with van der Waals surface area (Å²) in [6.45, 7) is 6.31. The minimum Gasteiger partial charge on any atom is -0.494 e. The second kappa shape index (κ2) is 11.5. The molecular weight excluding hydrogens is 420 g/mol. The van der Waals surface area contributed by atoms with Crippen LogP contribution in [0.5, 0.6) is 17.2 Å². The van der Waals surface area contributed by atoms with Crippen LogP contribution in [0.15, 0.2) is 71.8 Å². The number of rotatable bonds is 9. The second-order valence-corrected chi connectivity index (χ2v) is 7.24. The lowest BCUT2D eigenvalue weighted by atomic mass is 10.1. The fourth-order valence-electron chi connectivity index (χ4n) is 2.81. The van der Waals surface area contributed by atoms with Gasteiger partial charge >= 0.3 is 5.97 Å². The number of amides is 1. The fourth-order valence-corrected chi connectivity index (χ4v) is 2.81. The van der Waals surface area contributed by atoms with Crippen molar-refractivity contribution in [3.05, 3.63) is 89.0 Å². The highest BCUT2D eigenvalue weighted by atomic mass is 16.5. The summed E-state index contributed by atoms with van der Waals surface area (Å²) in [6.07, 6.45) is 1.49. The predicted octanol–water partition coefficient (Wildman–Crippen LogP) is 4.45. The zero-order chi connectivity index (χ0) is 23.6. The fraction of sp³-hybridized carbons (Fsp3) is 0.192. The average molecular weight is 447 g/mol. The van der Waals surface area contributed by atoms with E-state index in [1.165, 1.54) is 6.21 Å². The van der Waals surface area contributed by atoms with Crippen LogP contribution in [0.3, 0.4) is 0 Å². The van der Waals surface area contributed by atoms with E-state index in [-0.39, 0.29) is 12.5 Å². The molecule has 1 amide bonds. The molecular formula is C26H26N2O5. The van der Waals surface area contributed by atoms with Gasteiger partial charge in [-0.3, -0.25) is 4.79 Å². The predicted molar refractivity (Wildman–Crippen MR) is 126 cm³/mol. The quantitative estimate of drug-likeness (QED) is 0.227. The number of nitrogens with zero attached hydrogens (tertiary/aromatic N) is 1. The van der Waals surface area contributed by atoms with E-state index in [1.807, 2.05) is 39.0 Å². The third-order valence-electron chi connectivity index (χ3n) is 4.74. The van der Waals surface area contributed by atoms with Crippen molar-refractivity contribution in [2.75, 3.05) is 13.2 Å². The molecule has 33 heavy (non-hydrogen) atoms. The Bertz CT molecular complexity index is 1120. The third kappa shape index (κ3) is 7.21. The summed E-state index contributed by atoms with van der Waals surface area (Å²) in [4.78, 5) is 24.2. The summed E-state index contributed by atoms with van der Waals surface area (Å²) < 4.78 is 16.2. The average Bonchev–Trinajstić information content (AvgIpc) is 2.81. The Morgan fingerprint density at radius 1 is 0.848 bits per heavy atom. The molecule has 1 N–H and O–H groups in total. The van der Waals surface area contributed by atoms with E-state index in [0.717, 1.165) is 16.7 Å². The van der Waals surface area contributed by atoms with E-state index in [1.54, 1.807) is 48.5 Å². The Kier molecular flexibility index (Phi) is 8.18. The van der Waals surface area contributed by atoms with Gasteiger partial charge in [0.15, 0.2) is 6.61 Å². The van der Waals surface area contributed by atoms with Crippen molar-refractivity contribution < 1.29 is 23.8 Å². The summed E-state index contributed by atoms with van der Waals surface area (Å²) >= 11 is 0. The Balaban J connectivity index is 1.45. The zero-order valence-electron chi connectivity index (χ0n) is 18.8. The van der Waals surface area contributed by atoms with Crippen LogP contribution in [0.4, 0.5) is 0 Å². The highest BCUT2D eigenvalue weighted by Gasteiger charge is 2.09. The largest absolute Gasteiger partial charge is 0.494 e. The molecule has 0 heterocycles. The van der Waals surface area contributed by atoms with Crippen LogP contribution >= 0.6 is 0 Å². The van der Waals surface area contributed by atoms with Gasteiger partial charge in [0.25, 0.3) is 5.91 Å². The molecule has 3 rings (SSSR count). The van der Waals surface area contributed by atoms with E-state index in [4.69, 9.17) is 14.2 Å². The van der Waals surface area contributed by atoms with Crippen molar-refractivity contribution in [2.45, 2.75) is 20.8 Å². The van der Waals surface area contributed by atoms with Crippen LogP contribution in [0.25, 0.3) is 0 Å². The van der Waals surface area contributed by atoms with Crippen molar-refractivity contribution in [3.63, 3.8) is 0 Å². The van der Waals surface area contributed by atoms with Crippen LogP contribution in [-0.2, 0) is 4.79 Å². The first kappa shape index (κ1) is 23.5. The van der Waals surface area contributed by atoms with Crippen LogP contribution in [0.1, 0.15) is 34.0 Å². The SMILES string of the molecule is CCOc1ccc(C(=O)Oc2ccc(/C=N/NC(=O)COc3ccc(C)c(C)c3)cc2)cc1. The third-order valence-corrected chi connectivity index (χ3v) is 4.74. The van der Waals surface area contributed by atoms with E-state index < -0.39 is 5.97 Å². The smallest absolute Gasteiger partial charge is 0.343 e. The molecule has 0 saturated carbocycles. The Hall–Kier alpha value is -4.13. The van der Waals surface area contributed by atoms with Gasteiger partial charge in [-0.15, -0.1) is 0 Å². The van der Waals surface area contributed by atoms with Gasteiger partial charge in [-0.05, 0) is 98.1 Å². The van der Waals surface area contributed by atoms with Crippen molar-refractivity contribution in [1.82, 2.24) is 5.43 Å². The number of carbonyl (C=O) groups is 2. The maximum atomic E-state index is 12.3. The summed E-state index contributed by atoms with van der Waals surface area (Å²) in [7, 11) is 0. The summed E-state index contributed by atoms with van der Waals surface area (Å²) in [6, 6.07) is 19.2. The number of nitrogens with one attached hydrogen (secondary N) is 1. The molecule has 7 heteroatoms. The van der Waals surface area contributed by atoms with E-state index in [9.17, 15) is 9.59 Å². The lowest BCUT2D eigenvalue weighted by molar-refractivity contribution is -0.123. The summed E-state index contributed by atoms with van der Waals surface area (Å²) in [5, 5.41) is 3.92. The molecule has 0 atom stereocenters. The molecule has 0 aliphatic heterocycles. The van der Waals surface area contributed by atoms with Gasteiger partial charge in [-0.1, -0.05) is 6.07 Å². The maximum Gasteiger partial charge on any atom is 0.343 e. The normalized spacial score (nSPS) is 10.6. The van der Waals surface area contributed by atoms with Gasteiger partial charge in [0.05, 0.1) is 18.4 Å². The van der Waals surface area contributed by atoms with Gasteiger partial charge in [0.2, 0.25) is 0 Å². The lowest BCUT2D eigenvalue weighted by Crippen LogP contribution is -2.24. The minimum atomic E-state index is -0.463.